The van der Waals surface area contributed by atoms with E-state index in [1.165, 1.54) is 0 Å². The van der Waals surface area contributed by atoms with Crippen LogP contribution in [0.5, 0.6) is 0 Å². The Bertz CT molecular complexity index is 131. The van der Waals surface area contributed by atoms with Gasteiger partial charge in [0.15, 0.2) is 0 Å². The molecule has 0 fully saturated rings. The van der Waals surface area contributed by atoms with Crippen LogP contribution in [0.25, 0.3) is 0 Å². The lowest BCUT2D eigenvalue weighted by Crippen LogP contribution is -2.05. The maximum Gasteiger partial charge on any atom is 0.325 e. The molecular formula is C5H13O5P. The number of hydrogen-bond acceptors (Lipinski definition) is 4. The van der Waals surface area contributed by atoms with Gasteiger partial charge in [-0.25, -0.2) is 0 Å². The number of aliphatic hydroxyl groups excluding tert-OH is 1. The van der Waals surface area contributed by atoms with E-state index in [-0.39, 0.29) is 26.4 Å². The predicted molar refractivity (Wildman–Crippen MR) is 39.6 cm³/mol. The summed E-state index contributed by atoms with van der Waals surface area (Å²) in [4.78, 5) is 8.60. The molecule has 0 aliphatic rings. The Labute approximate surface area is 65.5 Å². The fourth-order valence-corrected chi connectivity index (χ4v) is 0.845. The zero-order valence-electron chi connectivity index (χ0n) is 6.39. The van der Waals surface area contributed by atoms with Crippen molar-refractivity contribution in [2.24, 2.45) is 0 Å². The van der Waals surface area contributed by atoms with E-state index >= 15 is 0 Å². The SMILES string of the molecule is CP(=O)(O)OCCOCCO. The lowest BCUT2D eigenvalue weighted by Gasteiger charge is -2.06. The molecule has 6 heteroatoms. The van der Waals surface area contributed by atoms with Gasteiger partial charge in [0.2, 0.25) is 0 Å². The van der Waals surface area contributed by atoms with Crippen molar-refractivity contribution in [3.05, 3.63) is 0 Å². The molecule has 0 spiro atoms. The van der Waals surface area contributed by atoms with Crippen molar-refractivity contribution >= 4 is 7.60 Å². The van der Waals surface area contributed by atoms with Gasteiger partial charge in [0.05, 0.1) is 26.4 Å². The summed E-state index contributed by atoms with van der Waals surface area (Å²) in [5.41, 5.74) is 0. The highest BCUT2D eigenvalue weighted by molar-refractivity contribution is 7.51. The van der Waals surface area contributed by atoms with E-state index in [2.05, 4.69) is 4.52 Å². The van der Waals surface area contributed by atoms with Gasteiger partial charge in [-0.15, -0.1) is 0 Å². The number of aliphatic hydroxyl groups is 1. The maximum atomic E-state index is 10.5. The number of ether oxygens (including phenoxy) is 1. The molecule has 0 radical (unpaired) electrons. The van der Waals surface area contributed by atoms with Crippen LogP contribution in [0.3, 0.4) is 0 Å². The van der Waals surface area contributed by atoms with Crippen molar-refractivity contribution in [2.45, 2.75) is 0 Å². The molecule has 0 heterocycles. The molecule has 0 aromatic heterocycles. The normalized spacial score (nSPS) is 16.3. The van der Waals surface area contributed by atoms with Crippen LogP contribution < -0.4 is 0 Å². The van der Waals surface area contributed by atoms with Gasteiger partial charge in [-0.1, -0.05) is 0 Å². The molecule has 5 nitrogen and oxygen atoms in total. The quantitative estimate of drug-likeness (QED) is 0.442. The fraction of sp³-hybridized carbons (Fsp3) is 1.00. The second-order valence-electron chi connectivity index (χ2n) is 1.97. The van der Waals surface area contributed by atoms with Crippen LogP contribution in [-0.4, -0.2) is 43.1 Å². The summed E-state index contributed by atoms with van der Waals surface area (Å²) in [5, 5.41) is 8.26. The molecule has 0 amide bonds. The minimum absolute atomic E-state index is 0.0527. The zero-order chi connectivity index (χ0) is 8.74. The van der Waals surface area contributed by atoms with Crippen LogP contribution in [0.15, 0.2) is 0 Å². The summed E-state index contributed by atoms with van der Waals surface area (Å²) >= 11 is 0. The highest BCUT2D eigenvalue weighted by atomic mass is 31.2. The Hall–Kier alpha value is 0.0700. The van der Waals surface area contributed by atoms with Gasteiger partial charge in [0, 0.05) is 6.66 Å². The third-order valence-corrected chi connectivity index (χ3v) is 1.46. The van der Waals surface area contributed by atoms with Gasteiger partial charge in [0.1, 0.15) is 0 Å². The molecule has 0 aliphatic carbocycles. The number of rotatable bonds is 6. The van der Waals surface area contributed by atoms with Crippen molar-refractivity contribution in [3.63, 3.8) is 0 Å². The molecule has 2 N–H and O–H groups in total. The molecule has 0 aliphatic heterocycles. The molecular weight excluding hydrogens is 171 g/mol. The molecule has 0 bridgehead atoms. The molecule has 1 unspecified atom stereocenters. The van der Waals surface area contributed by atoms with Crippen LogP contribution in [0.4, 0.5) is 0 Å². The number of hydrogen-bond donors (Lipinski definition) is 2. The van der Waals surface area contributed by atoms with Crippen LogP contribution >= 0.6 is 7.60 Å². The predicted octanol–water partition coefficient (Wildman–Crippen LogP) is -0.173. The molecule has 11 heavy (non-hydrogen) atoms. The summed E-state index contributed by atoms with van der Waals surface area (Å²) in [7, 11) is -3.36. The summed E-state index contributed by atoms with van der Waals surface area (Å²) in [6.45, 7) is 1.58. The fourth-order valence-electron chi connectivity index (χ4n) is 0.432. The molecule has 0 aromatic rings. The van der Waals surface area contributed by atoms with E-state index in [0.717, 1.165) is 6.66 Å². The highest BCUT2D eigenvalue weighted by Gasteiger charge is 2.08. The lowest BCUT2D eigenvalue weighted by molar-refractivity contribution is 0.0681. The minimum Gasteiger partial charge on any atom is -0.394 e. The van der Waals surface area contributed by atoms with E-state index in [4.69, 9.17) is 14.7 Å². The molecule has 0 saturated heterocycles. The van der Waals surface area contributed by atoms with Crippen LogP contribution in [0, 0.1) is 0 Å². The van der Waals surface area contributed by atoms with Crippen LogP contribution in [0.1, 0.15) is 0 Å². The van der Waals surface area contributed by atoms with Crippen molar-refractivity contribution in [1.29, 1.82) is 0 Å². The van der Waals surface area contributed by atoms with E-state index in [9.17, 15) is 4.57 Å². The van der Waals surface area contributed by atoms with E-state index < -0.39 is 7.60 Å². The Balaban J connectivity index is 3.09. The van der Waals surface area contributed by atoms with E-state index in [0.29, 0.717) is 0 Å². The van der Waals surface area contributed by atoms with Gasteiger partial charge >= 0.3 is 7.60 Å². The summed E-state index contributed by atoms with van der Waals surface area (Å²) in [6.07, 6.45) is 0. The molecule has 0 aromatic carbocycles. The topological polar surface area (TPSA) is 76.0 Å². The molecule has 0 saturated carbocycles. The smallest absolute Gasteiger partial charge is 0.325 e. The summed E-state index contributed by atoms with van der Waals surface area (Å²) in [5.74, 6) is 0. The lowest BCUT2D eigenvalue weighted by atomic mass is 10.7. The van der Waals surface area contributed by atoms with E-state index in [1.54, 1.807) is 0 Å². The molecule has 0 rings (SSSR count). The third-order valence-electron chi connectivity index (χ3n) is 0.794. The average Bonchev–Trinajstić information content (AvgIpc) is 1.85. The summed E-state index contributed by atoms with van der Waals surface area (Å²) in [6, 6.07) is 0. The second kappa shape index (κ2) is 5.69. The van der Waals surface area contributed by atoms with Gasteiger partial charge in [-0.2, -0.15) is 0 Å². The highest BCUT2D eigenvalue weighted by Crippen LogP contribution is 2.35. The largest absolute Gasteiger partial charge is 0.394 e. The van der Waals surface area contributed by atoms with Gasteiger partial charge in [0.25, 0.3) is 0 Å². The van der Waals surface area contributed by atoms with Crippen LogP contribution in [-0.2, 0) is 13.8 Å². The standard InChI is InChI=1S/C5H13O5P/c1-11(7,8)10-5-4-9-3-2-6/h6H,2-5H2,1H3,(H,7,8). The third kappa shape index (κ3) is 10.1. The minimum atomic E-state index is -3.36. The van der Waals surface area contributed by atoms with Crippen molar-refractivity contribution in [1.82, 2.24) is 0 Å². The Morgan fingerprint density at radius 1 is 1.36 bits per heavy atom. The Kier molecular flexibility index (Phi) is 5.72. The van der Waals surface area contributed by atoms with Crippen molar-refractivity contribution < 1.29 is 23.8 Å². The van der Waals surface area contributed by atoms with Gasteiger partial charge < -0.3 is 19.3 Å². The first-order valence-electron chi connectivity index (χ1n) is 3.19. The van der Waals surface area contributed by atoms with Gasteiger partial charge in [-0.3, -0.25) is 4.57 Å². The van der Waals surface area contributed by atoms with Crippen molar-refractivity contribution in [2.75, 3.05) is 33.1 Å². The monoisotopic (exact) mass is 184 g/mol. The molecule has 68 valence electrons. The van der Waals surface area contributed by atoms with Crippen molar-refractivity contribution in [3.8, 4) is 0 Å². The Morgan fingerprint density at radius 3 is 2.45 bits per heavy atom. The average molecular weight is 184 g/mol. The molecule has 1 atom stereocenters. The first-order chi connectivity index (χ1) is 5.06. The van der Waals surface area contributed by atoms with Gasteiger partial charge in [-0.05, 0) is 0 Å². The van der Waals surface area contributed by atoms with E-state index in [1.807, 2.05) is 0 Å². The van der Waals surface area contributed by atoms with Crippen LogP contribution in [0.2, 0.25) is 0 Å². The first kappa shape index (κ1) is 11.1. The first-order valence-corrected chi connectivity index (χ1v) is 5.22. The maximum absolute atomic E-state index is 10.5. The second-order valence-corrected chi connectivity index (χ2v) is 3.84. The summed E-state index contributed by atoms with van der Waals surface area (Å²) < 4.78 is 19.7. The zero-order valence-corrected chi connectivity index (χ0v) is 7.29. The Morgan fingerprint density at radius 2 is 2.00 bits per heavy atom.